The van der Waals surface area contributed by atoms with Crippen molar-refractivity contribution in [2.24, 2.45) is 0 Å². The van der Waals surface area contributed by atoms with Gasteiger partial charge >= 0.3 is 0 Å². The second-order valence-electron chi connectivity index (χ2n) is 3.36. The van der Waals surface area contributed by atoms with E-state index in [0.717, 1.165) is 10.2 Å². The minimum atomic E-state index is -2.46. The van der Waals surface area contributed by atoms with Crippen LogP contribution in [0.15, 0.2) is 22.8 Å². The zero-order chi connectivity index (χ0) is 9.47. The fourth-order valence-corrected chi connectivity index (χ4v) is 1.73. The van der Waals surface area contributed by atoms with Crippen molar-refractivity contribution in [3.8, 4) is 0 Å². The van der Waals surface area contributed by atoms with Gasteiger partial charge in [0, 0.05) is 35.1 Å². The lowest BCUT2D eigenvalue weighted by Gasteiger charge is -2.34. The first-order chi connectivity index (χ1) is 6.07. The van der Waals surface area contributed by atoms with Crippen molar-refractivity contribution in [3.63, 3.8) is 0 Å². The molecule has 0 saturated heterocycles. The van der Waals surface area contributed by atoms with E-state index in [1.165, 1.54) is 0 Å². The van der Waals surface area contributed by atoms with Crippen LogP contribution in [0.5, 0.6) is 0 Å². The first kappa shape index (κ1) is 9.06. The monoisotopic (exact) mass is 247 g/mol. The first-order valence-electron chi connectivity index (χ1n) is 4.06. The zero-order valence-electron chi connectivity index (χ0n) is 6.80. The Bertz CT molecular complexity index is 302. The van der Waals surface area contributed by atoms with Crippen LogP contribution in [0.3, 0.4) is 0 Å². The first-order valence-corrected chi connectivity index (χ1v) is 4.85. The van der Waals surface area contributed by atoms with E-state index in [-0.39, 0.29) is 18.8 Å². The molecule has 1 aliphatic rings. The van der Waals surface area contributed by atoms with Gasteiger partial charge in [0.05, 0.1) is 0 Å². The summed E-state index contributed by atoms with van der Waals surface area (Å²) in [4.78, 5) is 4.09. The van der Waals surface area contributed by atoms with Gasteiger partial charge in [-0.1, -0.05) is 0 Å². The summed E-state index contributed by atoms with van der Waals surface area (Å²) in [6.45, 7) is 0. The predicted molar refractivity (Wildman–Crippen MR) is 48.9 cm³/mol. The summed E-state index contributed by atoms with van der Waals surface area (Å²) in [5, 5.41) is 0. The third kappa shape index (κ3) is 1.88. The van der Waals surface area contributed by atoms with Gasteiger partial charge in [0.25, 0.3) is 0 Å². The zero-order valence-corrected chi connectivity index (χ0v) is 8.39. The topological polar surface area (TPSA) is 12.9 Å². The summed E-state index contributed by atoms with van der Waals surface area (Å²) in [7, 11) is 0. The lowest BCUT2D eigenvalue weighted by molar-refractivity contribution is -0.0876. The number of alkyl halides is 2. The van der Waals surface area contributed by atoms with Crippen LogP contribution in [-0.2, 0) is 0 Å². The molecule has 1 heterocycles. The Balaban J connectivity index is 2.08. The number of nitrogens with zero attached hydrogens (tertiary/aromatic N) is 1. The molecule has 0 aliphatic heterocycles. The van der Waals surface area contributed by atoms with Gasteiger partial charge in [0.1, 0.15) is 0 Å². The van der Waals surface area contributed by atoms with Crippen molar-refractivity contribution in [2.45, 2.75) is 24.7 Å². The predicted octanol–water partition coefficient (Wildman–Crippen LogP) is 3.36. The van der Waals surface area contributed by atoms with E-state index in [0.29, 0.717) is 0 Å². The molecule has 1 fully saturated rings. The number of hydrogen-bond acceptors (Lipinski definition) is 1. The third-order valence-electron chi connectivity index (χ3n) is 2.26. The average Bonchev–Trinajstić information content (AvgIpc) is 2.01. The molecule has 0 amide bonds. The van der Waals surface area contributed by atoms with Crippen LogP contribution in [0, 0.1) is 0 Å². The average molecular weight is 248 g/mol. The highest BCUT2D eigenvalue weighted by molar-refractivity contribution is 9.10. The van der Waals surface area contributed by atoms with Gasteiger partial charge in [0.2, 0.25) is 5.92 Å². The number of rotatable bonds is 1. The molecular formula is C9H8BrF2N. The largest absolute Gasteiger partial charge is 0.260 e. The van der Waals surface area contributed by atoms with Crippen LogP contribution in [0.25, 0.3) is 0 Å². The van der Waals surface area contributed by atoms with E-state index in [4.69, 9.17) is 0 Å². The Kier molecular flexibility index (Phi) is 2.10. The van der Waals surface area contributed by atoms with Gasteiger partial charge in [0.15, 0.2) is 0 Å². The van der Waals surface area contributed by atoms with Crippen molar-refractivity contribution in [2.75, 3.05) is 0 Å². The number of pyridine rings is 1. The van der Waals surface area contributed by atoms with Crippen LogP contribution < -0.4 is 0 Å². The minimum absolute atomic E-state index is 0.0527. The molecule has 0 bridgehead atoms. The summed E-state index contributed by atoms with van der Waals surface area (Å²) in [5.74, 6) is -2.51. The molecule has 13 heavy (non-hydrogen) atoms. The van der Waals surface area contributed by atoms with E-state index in [1.807, 2.05) is 6.07 Å². The van der Waals surface area contributed by atoms with Crippen molar-refractivity contribution in [3.05, 3.63) is 28.5 Å². The molecule has 4 heteroatoms. The van der Waals surface area contributed by atoms with Crippen molar-refractivity contribution < 1.29 is 8.78 Å². The Morgan fingerprint density at radius 3 is 2.54 bits per heavy atom. The van der Waals surface area contributed by atoms with Gasteiger partial charge < -0.3 is 0 Å². The van der Waals surface area contributed by atoms with Gasteiger partial charge in [-0.2, -0.15) is 0 Å². The maximum atomic E-state index is 12.5. The van der Waals surface area contributed by atoms with Crippen LogP contribution in [0.4, 0.5) is 8.78 Å². The molecule has 1 nitrogen and oxygen atoms in total. The number of halogens is 3. The lowest BCUT2D eigenvalue weighted by atomic mass is 9.79. The van der Waals surface area contributed by atoms with E-state index in [1.54, 1.807) is 12.3 Å². The van der Waals surface area contributed by atoms with Gasteiger partial charge in [-0.3, -0.25) is 4.98 Å². The van der Waals surface area contributed by atoms with Crippen LogP contribution in [0.2, 0.25) is 0 Å². The molecule has 0 radical (unpaired) electrons. The SMILES string of the molecule is FC1(F)CC(c2ccc(Br)cn2)C1. The highest BCUT2D eigenvalue weighted by atomic mass is 79.9. The molecular weight excluding hydrogens is 240 g/mol. The summed E-state index contributed by atoms with van der Waals surface area (Å²) in [5.41, 5.74) is 0.772. The van der Waals surface area contributed by atoms with Gasteiger partial charge in [-0.05, 0) is 28.1 Å². The molecule has 2 rings (SSSR count). The second kappa shape index (κ2) is 3.01. The molecule has 0 unspecified atom stereocenters. The van der Waals surface area contributed by atoms with Gasteiger partial charge in [-0.15, -0.1) is 0 Å². The molecule has 0 spiro atoms. The van der Waals surface area contributed by atoms with E-state index < -0.39 is 5.92 Å². The van der Waals surface area contributed by atoms with E-state index in [2.05, 4.69) is 20.9 Å². The fraction of sp³-hybridized carbons (Fsp3) is 0.444. The van der Waals surface area contributed by atoms with Crippen LogP contribution >= 0.6 is 15.9 Å². The summed E-state index contributed by atoms with van der Waals surface area (Å²) in [6, 6.07) is 3.63. The highest BCUT2D eigenvalue weighted by Crippen LogP contribution is 2.47. The van der Waals surface area contributed by atoms with Crippen molar-refractivity contribution >= 4 is 15.9 Å². The molecule has 70 valence electrons. The summed E-state index contributed by atoms with van der Waals surface area (Å²) >= 11 is 3.25. The number of aromatic nitrogens is 1. The standard InChI is InChI=1S/C9H8BrF2N/c10-7-1-2-8(13-5-7)6-3-9(11,12)4-6/h1-2,5-6H,3-4H2. The lowest BCUT2D eigenvalue weighted by Crippen LogP contribution is -2.34. The Morgan fingerprint density at radius 1 is 1.38 bits per heavy atom. The minimum Gasteiger partial charge on any atom is -0.260 e. The summed E-state index contributed by atoms with van der Waals surface area (Å²) in [6.07, 6.45) is 1.54. The van der Waals surface area contributed by atoms with Crippen LogP contribution in [0.1, 0.15) is 24.5 Å². The molecule has 0 aromatic carbocycles. The van der Waals surface area contributed by atoms with Crippen molar-refractivity contribution in [1.29, 1.82) is 0 Å². The highest BCUT2D eigenvalue weighted by Gasteiger charge is 2.46. The Morgan fingerprint density at radius 2 is 2.08 bits per heavy atom. The van der Waals surface area contributed by atoms with Gasteiger partial charge in [-0.25, -0.2) is 8.78 Å². The van der Waals surface area contributed by atoms with E-state index in [9.17, 15) is 8.78 Å². The second-order valence-corrected chi connectivity index (χ2v) is 4.28. The van der Waals surface area contributed by atoms with E-state index >= 15 is 0 Å². The maximum Gasteiger partial charge on any atom is 0.249 e. The molecule has 0 atom stereocenters. The normalized spacial score (nSPS) is 21.2. The molecule has 1 aliphatic carbocycles. The molecule has 0 N–H and O–H groups in total. The maximum absolute atomic E-state index is 12.5. The third-order valence-corrected chi connectivity index (χ3v) is 2.73. The van der Waals surface area contributed by atoms with Crippen LogP contribution in [-0.4, -0.2) is 10.9 Å². The number of hydrogen-bond donors (Lipinski definition) is 0. The van der Waals surface area contributed by atoms with Crippen molar-refractivity contribution in [1.82, 2.24) is 4.98 Å². The molecule has 1 aromatic heterocycles. The Labute approximate surface area is 83.3 Å². The quantitative estimate of drug-likeness (QED) is 0.742. The molecule has 1 aromatic rings. The summed E-state index contributed by atoms with van der Waals surface area (Å²) < 4.78 is 25.9. The fourth-order valence-electron chi connectivity index (χ4n) is 1.50. The smallest absolute Gasteiger partial charge is 0.249 e. The Hall–Kier alpha value is -0.510. The molecule has 1 saturated carbocycles.